The van der Waals surface area contributed by atoms with E-state index in [4.69, 9.17) is 12.2 Å². The molecule has 146 valence electrons. The Labute approximate surface area is 172 Å². The van der Waals surface area contributed by atoms with E-state index in [2.05, 4.69) is 17.0 Å². The third kappa shape index (κ3) is 5.09. The fourth-order valence-corrected chi connectivity index (χ4v) is 3.94. The third-order valence-electron chi connectivity index (χ3n) is 4.52. The van der Waals surface area contributed by atoms with Crippen LogP contribution in [0, 0.1) is 29.6 Å². The van der Waals surface area contributed by atoms with Crippen LogP contribution in [0.5, 0.6) is 0 Å². The number of terminal acetylenes is 1. The highest BCUT2D eigenvalue weighted by molar-refractivity contribution is 7.10. The van der Waals surface area contributed by atoms with Crippen LogP contribution < -0.4 is 5.73 Å². The Kier molecular flexibility index (Phi) is 8.16. The van der Waals surface area contributed by atoms with Gasteiger partial charge in [-0.1, -0.05) is 26.7 Å². The van der Waals surface area contributed by atoms with Gasteiger partial charge in [0.25, 0.3) is 0 Å². The second kappa shape index (κ2) is 9.88. The summed E-state index contributed by atoms with van der Waals surface area (Å²) < 4.78 is 0. The van der Waals surface area contributed by atoms with Gasteiger partial charge in [0.2, 0.25) is 0 Å². The number of amidine groups is 1. The molecule has 0 aliphatic rings. The van der Waals surface area contributed by atoms with Crippen molar-refractivity contribution in [3.05, 3.63) is 45.6 Å². The SMILES string of the molecule is C#Cc1cc(C#N)cc(-c2csc(C(C)(N=C(C)N)C(C)C(C)=O)c2)c1.CC. The van der Waals surface area contributed by atoms with Crippen LogP contribution >= 0.6 is 11.3 Å². The van der Waals surface area contributed by atoms with E-state index in [1.807, 2.05) is 45.2 Å². The second-order valence-corrected chi connectivity index (χ2v) is 7.40. The summed E-state index contributed by atoms with van der Waals surface area (Å²) in [5.74, 6) is 2.73. The summed E-state index contributed by atoms with van der Waals surface area (Å²) in [6, 6.07) is 9.48. The van der Waals surface area contributed by atoms with Crippen molar-refractivity contribution < 1.29 is 4.79 Å². The number of benzene rings is 1. The van der Waals surface area contributed by atoms with Gasteiger partial charge in [-0.2, -0.15) is 5.26 Å². The number of hydrogen-bond donors (Lipinski definition) is 1. The number of nitrogens with two attached hydrogens (primary N) is 1. The largest absolute Gasteiger partial charge is 0.388 e. The summed E-state index contributed by atoms with van der Waals surface area (Å²) in [7, 11) is 0. The Hall–Kier alpha value is -2.89. The number of carbonyl (C=O) groups excluding carboxylic acids is 1. The molecule has 2 aromatic rings. The molecular formula is C23H27N3OS. The number of Topliss-reactive ketones (excluding diaryl/α,β-unsaturated/α-hetero) is 1. The van der Waals surface area contributed by atoms with Crippen LogP contribution in [0.1, 0.15) is 57.5 Å². The molecule has 1 aromatic carbocycles. The summed E-state index contributed by atoms with van der Waals surface area (Å²) >= 11 is 1.52. The zero-order valence-electron chi connectivity index (χ0n) is 17.3. The smallest absolute Gasteiger partial charge is 0.135 e. The fraction of sp³-hybridized carbons (Fsp3) is 0.348. The molecule has 1 heterocycles. The van der Waals surface area contributed by atoms with Gasteiger partial charge in [-0.25, -0.2) is 0 Å². The minimum atomic E-state index is -0.741. The van der Waals surface area contributed by atoms with Crippen LogP contribution in [0.3, 0.4) is 0 Å². The van der Waals surface area contributed by atoms with Crippen LogP contribution in [-0.2, 0) is 10.3 Å². The van der Waals surface area contributed by atoms with Gasteiger partial charge in [0.15, 0.2) is 0 Å². The lowest BCUT2D eigenvalue weighted by molar-refractivity contribution is -0.122. The average Bonchev–Trinajstić information content (AvgIpc) is 3.18. The van der Waals surface area contributed by atoms with Crippen LogP contribution in [0.2, 0.25) is 0 Å². The lowest BCUT2D eigenvalue weighted by atomic mass is 9.83. The molecule has 0 aliphatic carbocycles. The van der Waals surface area contributed by atoms with E-state index in [-0.39, 0.29) is 11.7 Å². The van der Waals surface area contributed by atoms with Crippen molar-refractivity contribution in [1.82, 2.24) is 0 Å². The molecule has 0 fully saturated rings. The van der Waals surface area contributed by atoms with Gasteiger partial charge < -0.3 is 5.73 Å². The number of hydrogen-bond acceptors (Lipinski definition) is 4. The van der Waals surface area contributed by atoms with E-state index in [9.17, 15) is 10.1 Å². The molecule has 5 heteroatoms. The first-order chi connectivity index (χ1) is 13.2. The minimum absolute atomic E-state index is 0.0496. The van der Waals surface area contributed by atoms with Crippen molar-refractivity contribution in [3.63, 3.8) is 0 Å². The topological polar surface area (TPSA) is 79.2 Å². The molecule has 0 spiro atoms. The maximum Gasteiger partial charge on any atom is 0.135 e. The van der Waals surface area contributed by atoms with E-state index in [1.165, 1.54) is 11.3 Å². The zero-order chi connectivity index (χ0) is 21.5. The van der Waals surface area contributed by atoms with Crippen molar-refractivity contribution in [2.75, 3.05) is 0 Å². The Morgan fingerprint density at radius 2 is 1.82 bits per heavy atom. The van der Waals surface area contributed by atoms with E-state index in [0.717, 1.165) is 16.0 Å². The summed E-state index contributed by atoms with van der Waals surface area (Å²) in [5, 5.41) is 11.2. The summed E-state index contributed by atoms with van der Waals surface area (Å²) in [4.78, 5) is 17.5. The first-order valence-electron chi connectivity index (χ1n) is 9.14. The van der Waals surface area contributed by atoms with Crippen molar-refractivity contribution in [1.29, 1.82) is 5.26 Å². The van der Waals surface area contributed by atoms with Gasteiger partial charge >= 0.3 is 0 Å². The molecule has 28 heavy (non-hydrogen) atoms. The summed E-state index contributed by atoms with van der Waals surface area (Å²) in [5.41, 5.74) is 8.06. The van der Waals surface area contributed by atoms with Crippen LogP contribution in [0.15, 0.2) is 34.6 Å². The molecule has 0 bridgehead atoms. The van der Waals surface area contributed by atoms with Gasteiger partial charge in [0.1, 0.15) is 11.3 Å². The molecule has 2 N–H and O–H groups in total. The third-order valence-corrected chi connectivity index (χ3v) is 5.68. The standard InChI is InChI=1S/C21H21N3OS.C2H6/c1-6-16-7-17(11-22)9-18(8-16)19-10-20(26-12-19)21(5,24-15(4)23)13(2)14(3)25;1-2/h1,7-10,12-13H,2-5H3,(H2,23,24);1-2H3. The monoisotopic (exact) mass is 393 g/mol. The Morgan fingerprint density at radius 3 is 2.32 bits per heavy atom. The van der Waals surface area contributed by atoms with Crippen molar-refractivity contribution >= 4 is 23.0 Å². The number of thiophene rings is 1. The minimum Gasteiger partial charge on any atom is -0.388 e. The maximum absolute atomic E-state index is 12.0. The van der Waals surface area contributed by atoms with Gasteiger partial charge in [-0.05, 0) is 61.5 Å². The molecule has 2 unspecified atom stereocenters. The molecule has 1 aromatic heterocycles. The normalized spacial score (nSPS) is 13.9. The highest BCUT2D eigenvalue weighted by Gasteiger charge is 2.37. The number of aliphatic imine (C=N–C) groups is 1. The highest BCUT2D eigenvalue weighted by Crippen LogP contribution is 2.40. The lowest BCUT2D eigenvalue weighted by Gasteiger charge is -2.29. The number of nitriles is 1. The summed E-state index contributed by atoms with van der Waals surface area (Å²) in [6.45, 7) is 11.1. The van der Waals surface area contributed by atoms with Gasteiger partial charge in [0, 0.05) is 16.4 Å². The van der Waals surface area contributed by atoms with Crippen molar-refractivity contribution in [3.8, 4) is 29.5 Å². The molecule has 4 nitrogen and oxygen atoms in total. The highest BCUT2D eigenvalue weighted by atomic mass is 32.1. The van der Waals surface area contributed by atoms with Crippen LogP contribution in [0.4, 0.5) is 0 Å². The number of rotatable bonds is 5. The molecule has 0 aliphatic heterocycles. The Bertz CT molecular complexity index is 923. The number of nitrogens with zero attached hydrogens (tertiary/aromatic N) is 2. The van der Waals surface area contributed by atoms with Crippen molar-refractivity contribution in [2.24, 2.45) is 16.6 Å². The van der Waals surface area contributed by atoms with E-state index in [0.29, 0.717) is 17.0 Å². The van der Waals surface area contributed by atoms with Crippen molar-refractivity contribution in [2.45, 2.75) is 47.1 Å². The molecule has 2 atom stereocenters. The fourth-order valence-electron chi connectivity index (χ4n) is 2.82. The molecule has 0 radical (unpaired) electrons. The van der Waals surface area contributed by atoms with Crippen LogP contribution in [-0.4, -0.2) is 11.6 Å². The predicted molar refractivity (Wildman–Crippen MR) is 118 cm³/mol. The van der Waals surface area contributed by atoms with E-state index >= 15 is 0 Å². The molecular weight excluding hydrogens is 366 g/mol. The van der Waals surface area contributed by atoms with Crippen LogP contribution in [0.25, 0.3) is 11.1 Å². The number of ketones is 1. The first kappa shape index (κ1) is 23.1. The van der Waals surface area contributed by atoms with Gasteiger partial charge in [-0.3, -0.25) is 9.79 Å². The zero-order valence-corrected chi connectivity index (χ0v) is 18.1. The number of carbonyl (C=O) groups is 1. The van der Waals surface area contributed by atoms with E-state index < -0.39 is 5.54 Å². The van der Waals surface area contributed by atoms with Gasteiger partial charge in [-0.15, -0.1) is 17.8 Å². The first-order valence-corrected chi connectivity index (χ1v) is 10.0. The molecule has 0 amide bonds. The quantitative estimate of drug-likeness (QED) is 0.435. The molecule has 0 saturated heterocycles. The average molecular weight is 394 g/mol. The van der Waals surface area contributed by atoms with Gasteiger partial charge in [0.05, 0.1) is 17.5 Å². The Balaban J connectivity index is 0.00000190. The maximum atomic E-state index is 12.0. The molecule has 2 rings (SSSR count). The molecule has 0 saturated carbocycles. The second-order valence-electron chi connectivity index (χ2n) is 6.49. The lowest BCUT2D eigenvalue weighted by Crippen LogP contribution is -2.34. The van der Waals surface area contributed by atoms with E-state index in [1.54, 1.807) is 26.0 Å². The summed E-state index contributed by atoms with van der Waals surface area (Å²) in [6.07, 6.45) is 5.50. The predicted octanol–water partition coefficient (Wildman–Crippen LogP) is 5.11. The Morgan fingerprint density at radius 1 is 1.21 bits per heavy atom.